The van der Waals surface area contributed by atoms with E-state index >= 15 is 0 Å². The maximum atomic E-state index is 13.7. The number of halogens is 5. The van der Waals surface area contributed by atoms with E-state index < -0.39 is 57.9 Å². The van der Waals surface area contributed by atoms with Crippen LogP contribution in [-0.4, -0.2) is 11.0 Å². The van der Waals surface area contributed by atoms with Crippen molar-refractivity contribution in [2.75, 3.05) is 0 Å². The normalized spacial score (nSPS) is 11.7. The molecule has 0 heterocycles. The second-order valence-electron chi connectivity index (χ2n) is 4.58. The van der Waals surface area contributed by atoms with Crippen LogP contribution in [0.1, 0.15) is 22.0 Å². The van der Waals surface area contributed by atoms with Gasteiger partial charge in [0.1, 0.15) is 17.7 Å². The Kier molecular flexibility index (Phi) is 4.69. The van der Waals surface area contributed by atoms with E-state index in [1.54, 1.807) is 0 Å². The fourth-order valence-corrected chi connectivity index (χ4v) is 1.88. The van der Waals surface area contributed by atoms with E-state index in [-0.39, 0.29) is 6.07 Å². The number of benzene rings is 2. The van der Waals surface area contributed by atoms with Crippen LogP contribution in [0.5, 0.6) is 5.75 Å². The van der Waals surface area contributed by atoms with Crippen molar-refractivity contribution >= 4 is 5.91 Å². The third-order valence-electron chi connectivity index (χ3n) is 3.06. The molecular weight excluding hydrogens is 335 g/mol. The lowest BCUT2D eigenvalue weighted by Gasteiger charge is -2.14. The molecule has 0 aliphatic carbocycles. The summed E-state index contributed by atoms with van der Waals surface area (Å²) < 4.78 is 66.3. The smallest absolute Gasteiger partial charge is 0.255 e. The minimum Gasteiger partial charge on any atom is -0.503 e. The molecule has 0 aromatic heterocycles. The summed E-state index contributed by atoms with van der Waals surface area (Å²) in [5.74, 6) is -10.5. The SMILES string of the molecule is N#C[C@H](NC(=O)c1cc(F)c(F)c(O)c1F)c1ccc(F)cc1F. The van der Waals surface area contributed by atoms with Gasteiger partial charge in [0.25, 0.3) is 5.91 Å². The van der Waals surface area contributed by atoms with Crippen LogP contribution in [0.3, 0.4) is 0 Å². The molecule has 124 valence electrons. The van der Waals surface area contributed by atoms with Crippen molar-refractivity contribution in [1.29, 1.82) is 5.26 Å². The van der Waals surface area contributed by atoms with E-state index in [0.29, 0.717) is 6.07 Å². The predicted octanol–water partition coefficient (Wildman–Crippen LogP) is 3.08. The molecule has 4 nitrogen and oxygen atoms in total. The third-order valence-corrected chi connectivity index (χ3v) is 3.06. The van der Waals surface area contributed by atoms with Gasteiger partial charge in [-0.3, -0.25) is 4.79 Å². The summed E-state index contributed by atoms with van der Waals surface area (Å²) in [5.41, 5.74) is -1.51. The molecule has 24 heavy (non-hydrogen) atoms. The van der Waals surface area contributed by atoms with Gasteiger partial charge in [0.05, 0.1) is 11.6 Å². The molecule has 2 aromatic carbocycles. The predicted molar refractivity (Wildman–Crippen MR) is 70.2 cm³/mol. The number of amides is 1. The number of hydrogen-bond acceptors (Lipinski definition) is 3. The van der Waals surface area contributed by atoms with Crippen molar-refractivity contribution in [3.63, 3.8) is 0 Å². The minimum atomic E-state index is -1.88. The molecule has 0 saturated heterocycles. The van der Waals surface area contributed by atoms with E-state index in [2.05, 4.69) is 0 Å². The Hall–Kier alpha value is -3.15. The first-order chi connectivity index (χ1) is 11.3. The molecule has 0 unspecified atom stereocenters. The molecule has 2 rings (SSSR count). The Morgan fingerprint density at radius 2 is 1.75 bits per heavy atom. The van der Waals surface area contributed by atoms with E-state index in [1.165, 1.54) is 6.07 Å². The summed E-state index contributed by atoms with van der Waals surface area (Å²) in [6.45, 7) is 0. The Morgan fingerprint density at radius 3 is 2.33 bits per heavy atom. The first kappa shape index (κ1) is 17.2. The van der Waals surface area contributed by atoms with Gasteiger partial charge in [0.2, 0.25) is 5.82 Å². The Balaban J connectivity index is 2.36. The molecule has 0 bridgehead atoms. The van der Waals surface area contributed by atoms with E-state index in [0.717, 1.165) is 12.1 Å². The number of aromatic hydroxyl groups is 1. The van der Waals surface area contributed by atoms with Gasteiger partial charge in [0.15, 0.2) is 17.4 Å². The van der Waals surface area contributed by atoms with Crippen LogP contribution < -0.4 is 5.32 Å². The van der Waals surface area contributed by atoms with Crippen molar-refractivity contribution in [3.8, 4) is 11.8 Å². The van der Waals surface area contributed by atoms with Gasteiger partial charge < -0.3 is 10.4 Å². The number of nitrogens with one attached hydrogen (secondary N) is 1. The zero-order valence-electron chi connectivity index (χ0n) is 11.6. The number of phenols is 1. The molecule has 1 atom stereocenters. The highest BCUT2D eigenvalue weighted by Gasteiger charge is 2.25. The number of carbonyl (C=O) groups is 1. The Bertz CT molecular complexity index is 864. The summed E-state index contributed by atoms with van der Waals surface area (Å²) >= 11 is 0. The zero-order valence-corrected chi connectivity index (χ0v) is 11.6. The van der Waals surface area contributed by atoms with Gasteiger partial charge in [0, 0.05) is 11.6 Å². The first-order valence-electron chi connectivity index (χ1n) is 6.28. The highest BCUT2D eigenvalue weighted by atomic mass is 19.2. The Morgan fingerprint density at radius 1 is 1.08 bits per heavy atom. The quantitative estimate of drug-likeness (QED) is 0.665. The summed E-state index contributed by atoms with van der Waals surface area (Å²) in [6.07, 6.45) is 0. The number of nitrogens with zero attached hydrogens (tertiary/aromatic N) is 1. The zero-order chi connectivity index (χ0) is 18.0. The van der Waals surface area contributed by atoms with Gasteiger partial charge in [-0.05, 0) is 12.1 Å². The molecule has 0 radical (unpaired) electrons. The van der Waals surface area contributed by atoms with E-state index in [4.69, 9.17) is 10.4 Å². The Labute approximate surface area is 131 Å². The second-order valence-corrected chi connectivity index (χ2v) is 4.58. The van der Waals surface area contributed by atoms with Crippen molar-refractivity contribution in [1.82, 2.24) is 5.32 Å². The molecule has 0 fully saturated rings. The lowest BCUT2D eigenvalue weighted by Crippen LogP contribution is -2.29. The molecule has 2 aromatic rings. The molecule has 2 N–H and O–H groups in total. The maximum Gasteiger partial charge on any atom is 0.255 e. The molecule has 0 aliphatic heterocycles. The average Bonchev–Trinajstić information content (AvgIpc) is 2.54. The molecule has 0 saturated carbocycles. The largest absolute Gasteiger partial charge is 0.503 e. The number of nitriles is 1. The van der Waals surface area contributed by atoms with Crippen LogP contribution in [0.2, 0.25) is 0 Å². The lowest BCUT2D eigenvalue weighted by molar-refractivity contribution is 0.0939. The summed E-state index contributed by atoms with van der Waals surface area (Å²) in [6, 6.07) is 2.20. The van der Waals surface area contributed by atoms with Crippen LogP contribution in [0.4, 0.5) is 22.0 Å². The first-order valence-corrected chi connectivity index (χ1v) is 6.28. The third kappa shape index (κ3) is 3.12. The molecule has 0 aliphatic rings. The van der Waals surface area contributed by atoms with Crippen molar-refractivity contribution in [3.05, 3.63) is 64.5 Å². The van der Waals surface area contributed by atoms with Gasteiger partial charge in [-0.15, -0.1) is 0 Å². The molecule has 1 amide bonds. The summed E-state index contributed by atoms with van der Waals surface area (Å²) in [5, 5.41) is 19.9. The monoisotopic (exact) mass is 342 g/mol. The molecule has 9 heteroatoms. The fourth-order valence-electron chi connectivity index (χ4n) is 1.88. The lowest BCUT2D eigenvalue weighted by atomic mass is 10.1. The van der Waals surface area contributed by atoms with Crippen LogP contribution in [-0.2, 0) is 0 Å². The number of carbonyl (C=O) groups excluding carboxylic acids is 1. The number of rotatable bonds is 3. The van der Waals surface area contributed by atoms with E-state index in [9.17, 15) is 26.7 Å². The highest BCUT2D eigenvalue weighted by molar-refractivity contribution is 5.95. The maximum absolute atomic E-state index is 13.7. The second kappa shape index (κ2) is 6.54. The fraction of sp³-hybridized carbons (Fsp3) is 0.0667. The molecule has 0 spiro atoms. The van der Waals surface area contributed by atoms with Gasteiger partial charge in [-0.2, -0.15) is 9.65 Å². The summed E-state index contributed by atoms with van der Waals surface area (Å²) in [4.78, 5) is 11.9. The number of hydrogen-bond donors (Lipinski definition) is 2. The molecular formula is C15H7F5N2O2. The van der Waals surface area contributed by atoms with Crippen molar-refractivity contribution in [2.45, 2.75) is 6.04 Å². The average molecular weight is 342 g/mol. The van der Waals surface area contributed by atoms with Crippen LogP contribution in [0.15, 0.2) is 24.3 Å². The number of phenolic OH excluding ortho intramolecular Hbond substituents is 1. The van der Waals surface area contributed by atoms with Gasteiger partial charge >= 0.3 is 0 Å². The van der Waals surface area contributed by atoms with Crippen molar-refractivity contribution < 1.29 is 31.9 Å². The van der Waals surface area contributed by atoms with E-state index in [1.807, 2.05) is 5.32 Å². The van der Waals surface area contributed by atoms with Crippen LogP contribution in [0, 0.1) is 40.4 Å². The minimum absolute atomic E-state index is 0.176. The van der Waals surface area contributed by atoms with Crippen molar-refractivity contribution in [2.24, 2.45) is 0 Å². The summed E-state index contributed by atoms with van der Waals surface area (Å²) in [7, 11) is 0. The highest BCUT2D eigenvalue weighted by Crippen LogP contribution is 2.26. The standard InChI is InChI=1S/C15H7F5N2O2/c16-6-1-2-7(9(17)3-6)11(5-21)22-15(24)8-4-10(18)13(20)14(23)12(8)19/h1-4,11,23H,(H,22,24)/t11-/m0/s1. The van der Waals surface area contributed by atoms with Gasteiger partial charge in [-0.1, -0.05) is 6.07 Å². The van der Waals surface area contributed by atoms with Gasteiger partial charge in [-0.25, -0.2) is 17.6 Å². The van der Waals surface area contributed by atoms with Crippen LogP contribution in [0.25, 0.3) is 0 Å². The van der Waals surface area contributed by atoms with Crippen LogP contribution >= 0.6 is 0 Å². The topological polar surface area (TPSA) is 73.1 Å².